The van der Waals surface area contributed by atoms with E-state index in [1.807, 2.05) is 12.1 Å². The molecule has 2 aliphatic heterocycles. The molecule has 1 aromatic carbocycles. The van der Waals surface area contributed by atoms with Crippen molar-refractivity contribution in [1.29, 1.82) is 0 Å². The number of carbonyl (C=O) groups excluding carboxylic acids is 2. The van der Waals surface area contributed by atoms with Gasteiger partial charge in [0.25, 0.3) is 0 Å². The lowest BCUT2D eigenvalue weighted by Gasteiger charge is -2.25. The maximum absolute atomic E-state index is 12.5. The van der Waals surface area contributed by atoms with Crippen LogP contribution in [0, 0.1) is 0 Å². The summed E-state index contributed by atoms with van der Waals surface area (Å²) >= 11 is 0. The second-order valence-corrected chi connectivity index (χ2v) is 7.50. The molecule has 2 saturated heterocycles. The largest absolute Gasteiger partial charge is 0.461 e. The summed E-state index contributed by atoms with van der Waals surface area (Å²) in [6, 6.07) is 5.48. The number of carbonyl (C=O) groups is 2. The zero-order chi connectivity index (χ0) is 20.9. The molecule has 1 aromatic heterocycles. The maximum Gasteiger partial charge on any atom is 0.359 e. The third-order valence-electron chi connectivity index (χ3n) is 5.36. The molecule has 1 unspecified atom stereocenters. The molecule has 9 heteroatoms. The molecule has 3 heterocycles. The number of fused-ring (bicyclic) bond motifs is 1. The van der Waals surface area contributed by atoms with Crippen LogP contribution in [0.4, 0.5) is 5.69 Å². The van der Waals surface area contributed by atoms with Crippen LogP contribution in [0.3, 0.4) is 0 Å². The normalized spacial score (nSPS) is 20.2. The first-order valence-electron chi connectivity index (χ1n) is 10.6. The molecule has 0 bridgehead atoms. The average molecular weight is 416 g/mol. The van der Waals surface area contributed by atoms with E-state index in [1.165, 1.54) is 0 Å². The van der Waals surface area contributed by atoms with Crippen LogP contribution < -0.4 is 5.32 Å². The molecule has 4 rings (SSSR count). The van der Waals surface area contributed by atoms with Gasteiger partial charge in [0.1, 0.15) is 0 Å². The Balaban J connectivity index is 1.58. The summed E-state index contributed by atoms with van der Waals surface area (Å²) in [5.41, 5.74) is 1.65. The van der Waals surface area contributed by atoms with Gasteiger partial charge in [-0.15, -0.1) is 0 Å². The highest BCUT2D eigenvalue weighted by molar-refractivity contribution is 6.04. The van der Waals surface area contributed by atoms with Gasteiger partial charge in [0.05, 0.1) is 31.9 Å². The molecule has 0 saturated carbocycles. The maximum atomic E-state index is 12.5. The minimum atomic E-state index is -0.478. The fourth-order valence-electron chi connectivity index (χ4n) is 3.87. The van der Waals surface area contributed by atoms with E-state index in [0.29, 0.717) is 37.4 Å². The molecular formula is C21H28N4O5. The van der Waals surface area contributed by atoms with Crippen molar-refractivity contribution in [3.8, 4) is 0 Å². The predicted molar refractivity (Wildman–Crippen MR) is 110 cm³/mol. The molecule has 0 radical (unpaired) electrons. The van der Waals surface area contributed by atoms with E-state index in [9.17, 15) is 9.59 Å². The van der Waals surface area contributed by atoms with Gasteiger partial charge in [-0.2, -0.15) is 5.10 Å². The smallest absolute Gasteiger partial charge is 0.359 e. The zero-order valence-corrected chi connectivity index (χ0v) is 17.3. The minimum absolute atomic E-state index is 0.100. The van der Waals surface area contributed by atoms with Crippen molar-refractivity contribution in [2.24, 2.45) is 0 Å². The number of esters is 1. The van der Waals surface area contributed by atoms with E-state index >= 15 is 0 Å². The van der Waals surface area contributed by atoms with Crippen LogP contribution in [0.1, 0.15) is 42.9 Å². The molecule has 1 amide bonds. The van der Waals surface area contributed by atoms with Crippen LogP contribution in [0.2, 0.25) is 0 Å². The summed E-state index contributed by atoms with van der Waals surface area (Å²) in [6.45, 7) is 5.79. The van der Waals surface area contributed by atoms with Crippen molar-refractivity contribution < 1.29 is 23.8 Å². The topological polar surface area (TPSA) is 94.9 Å². The van der Waals surface area contributed by atoms with Crippen molar-refractivity contribution in [1.82, 2.24) is 14.7 Å². The summed E-state index contributed by atoms with van der Waals surface area (Å²) < 4.78 is 18.1. The van der Waals surface area contributed by atoms with E-state index in [0.717, 1.165) is 37.9 Å². The van der Waals surface area contributed by atoms with E-state index in [1.54, 1.807) is 17.7 Å². The number of hydrogen-bond donors (Lipinski definition) is 1. The third kappa shape index (κ3) is 4.63. The van der Waals surface area contributed by atoms with Gasteiger partial charge >= 0.3 is 5.97 Å². The number of morpholine rings is 1. The Morgan fingerprint density at radius 1 is 1.23 bits per heavy atom. The SMILES string of the molecule is CCOC(=O)c1nn(C2CCCCO2)c2ccc(NC(=O)CN3CCOCC3)cc12. The molecule has 1 N–H and O–H groups in total. The quantitative estimate of drug-likeness (QED) is 0.721. The van der Waals surface area contributed by atoms with Crippen molar-refractivity contribution >= 4 is 28.5 Å². The standard InChI is InChI=1S/C21H28N4O5/c1-2-29-21(27)20-16-13-15(22-18(26)14-24-8-11-28-12-9-24)6-7-17(16)25(23-20)19-5-3-4-10-30-19/h6-7,13,19H,2-5,8-12,14H2,1H3,(H,22,26). The zero-order valence-electron chi connectivity index (χ0n) is 17.3. The highest BCUT2D eigenvalue weighted by Crippen LogP contribution is 2.30. The lowest BCUT2D eigenvalue weighted by atomic mass is 10.1. The molecule has 162 valence electrons. The second kappa shape index (κ2) is 9.55. The lowest BCUT2D eigenvalue weighted by Crippen LogP contribution is -2.41. The minimum Gasteiger partial charge on any atom is -0.461 e. The Hall–Kier alpha value is -2.49. The molecule has 9 nitrogen and oxygen atoms in total. The number of hydrogen-bond acceptors (Lipinski definition) is 7. The van der Waals surface area contributed by atoms with Crippen LogP contribution in [-0.2, 0) is 19.0 Å². The fourth-order valence-corrected chi connectivity index (χ4v) is 3.87. The highest BCUT2D eigenvalue weighted by atomic mass is 16.5. The highest BCUT2D eigenvalue weighted by Gasteiger charge is 2.25. The Labute approximate surface area is 175 Å². The average Bonchev–Trinajstić information content (AvgIpc) is 3.14. The number of anilines is 1. The van der Waals surface area contributed by atoms with Gasteiger partial charge in [-0.3, -0.25) is 9.69 Å². The number of nitrogens with one attached hydrogen (secondary N) is 1. The van der Waals surface area contributed by atoms with Crippen LogP contribution in [0.15, 0.2) is 18.2 Å². The Morgan fingerprint density at radius 2 is 2.07 bits per heavy atom. The lowest BCUT2D eigenvalue weighted by molar-refractivity contribution is -0.118. The summed E-state index contributed by atoms with van der Waals surface area (Å²) in [6.07, 6.45) is 2.72. The molecule has 30 heavy (non-hydrogen) atoms. The fraction of sp³-hybridized carbons (Fsp3) is 0.571. The monoisotopic (exact) mass is 416 g/mol. The number of benzene rings is 1. The second-order valence-electron chi connectivity index (χ2n) is 7.50. The van der Waals surface area contributed by atoms with Gasteiger partial charge in [0.2, 0.25) is 5.91 Å². The van der Waals surface area contributed by atoms with Crippen molar-refractivity contribution in [3.05, 3.63) is 23.9 Å². The summed E-state index contributed by atoms with van der Waals surface area (Å²) in [5.74, 6) is -0.578. The number of ether oxygens (including phenoxy) is 3. The summed E-state index contributed by atoms with van der Waals surface area (Å²) in [7, 11) is 0. The molecule has 2 aliphatic rings. The molecule has 2 aromatic rings. The van der Waals surface area contributed by atoms with E-state index in [2.05, 4.69) is 15.3 Å². The van der Waals surface area contributed by atoms with Crippen LogP contribution >= 0.6 is 0 Å². The third-order valence-corrected chi connectivity index (χ3v) is 5.36. The first-order chi connectivity index (χ1) is 14.7. The van der Waals surface area contributed by atoms with Crippen molar-refractivity contribution in [3.63, 3.8) is 0 Å². The number of aromatic nitrogens is 2. The Bertz CT molecular complexity index is 900. The van der Waals surface area contributed by atoms with Crippen LogP contribution in [-0.4, -0.2) is 72.6 Å². The molecule has 2 fully saturated rings. The first kappa shape index (κ1) is 20.8. The van der Waals surface area contributed by atoms with Gasteiger partial charge in [-0.05, 0) is 44.4 Å². The van der Waals surface area contributed by atoms with Gasteiger partial charge in [-0.25, -0.2) is 9.48 Å². The first-order valence-corrected chi connectivity index (χ1v) is 10.6. The van der Waals surface area contributed by atoms with E-state index in [-0.39, 0.29) is 24.4 Å². The van der Waals surface area contributed by atoms with Gasteiger partial charge in [-0.1, -0.05) is 0 Å². The van der Waals surface area contributed by atoms with Crippen molar-refractivity contribution in [2.45, 2.75) is 32.4 Å². The van der Waals surface area contributed by atoms with Gasteiger partial charge in [0.15, 0.2) is 11.9 Å². The van der Waals surface area contributed by atoms with Gasteiger partial charge in [0, 0.05) is 30.8 Å². The number of amides is 1. The predicted octanol–water partition coefficient (Wildman–Crippen LogP) is 2.18. The molecule has 0 aliphatic carbocycles. The summed E-state index contributed by atoms with van der Waals surface area (Å²) in [5, 5.41) is 8.10. The van der Waals surface area contributed by atoms with Crippen molar-refractivity contribution in [2.75, 3.05) is 51.4 Å². The van der Waals surface area contributed by atoms with E-state index < -0.39 is 5.97 Å². The van der Waals surface area contributed by atoms with Gasteiger partial charge < -0.3 is 19.5 Å². The molecular weight excluding hydrogens is 388 g/mol. The van der Waals surface area contributed by atoms with E-state index in [4.69, 9.17) is 14.2 Å². The number of rotatable bonds is 6. The summed E-state index contributed by atoms with van der Waals surface area (Å²) in [4.78, 5) is 27.0. The van der Waals surface area contributed by atoms with Crippen LogP contribution in [0.5, 0.6) is 0 Å². The molecule has 1 atom stereocenters. The van der Waals surface area contributed by atoms with Crippen LogP contribution in [0.25, 0.3) is 10.9 Å². The molecule has 0 spiro atoms. The number of nitrogens with zero attached hydrogens (tertiary/aromatic N) is 3. The Morgan fingerprint density at radius 3 is 2.80 bits per heavy atom. The Kier molecular flexibility index (Phi) is 6.61.